The molecule has 1 atom stereocenters. The Bertz CT molecular complexity index is 490. The van der Waals surface area contributed by atoms with Gasteiger partial charge in [-0.2, -0.15) is 0 Å². The highest BCUT2D eigenvalue weighted by atomic mass is 16.6. The molecule has 0 saturated carbocycles. The van der Waals surface area contributed by atoms with E-state index >= 15 is 0 Å². The zero-order valence-corrected chi connectivity index (χ0v) is 9.25. The van der Waals surface area contributed by atoms with Gasteiger partial charge in [0.2, 0.25) is 0 Å². The summed E-state index contributed by atoms with van der Waals surface area (Å²) in [5.74, 6) is -0.364. The van der Waals surface area contributed by atoms with Gasteiger partial charge in [-0.1, -0.05) is 5.57 Å². The highest BCUT2D eigenvalue weighted by Gasteiger charge is 2.21. The van der Waals surface area contributed by atoms with E-state index in [9.17, 15) is 14.9 Å². The minimum absolute atomic E-state index is 0.0307. The number of nitrogens with zero attached hydrogens (tertiary/aromatic N) is 1. The summed E-state index contributed by atoms with van der Waals surface area (Å²) in [6.07, 6.45) is 1.75. The Morgan fingerprint density at radius 2 is 2.00 bits per heavy atom. The second-order valence-corrected chi connectivity index (χ2v) is 3.97. The van der Waals surface area contributed by atoms with E-state index in [0.717, 1.165) is 11.1 Å². The van der Waals surface area contributed by atoms with Crippen molar-refractivity contribution < 1.29 is 14.5 Å². The molecule has 5 heteroatoms. The maximum Gasteiger partial charge on any atom is 0.331 e. The third kappa shape index (κ3) is 2.50. The molecule has 1 aromatic rings. The van der Waals surface area contributed by atoms with E-state index in [-0.39, 0.29) is 17.8 Å². The molecule has 2 rings (SSSR count). The molecule has 0 spiro atoms. The molecule has 0 unspecified atom stereocenters. The number of esters is 1. The van der Waals surface area contributed by atoms with Crippen molar-refractivity contribution in [2.45, 2.75) is 19.4 Å². The number of carbonyl (C=O) groups excluding carboxylic acids is 1. The van der Waals surface area contributed by atoms with Crippen molar-refractivity contribution >= 4 is 11.7 Å². The zero-order chi connectivity index (χ0) is 12.4. The van der Waals surface area contributed by atoms with E-state index in [4.69, 9.17) is 4.74 Å². The van der Waals surface area contributed by atoms with Crippen LogP contribution in [0.1, 0.15) is 25.0 Å². The van der Waals surface area contributed by atoms with E-state index in [1.165, 1.54) is 18.2 Å². The minimum atomic E-state index is -0.457. The van der Waals surface area contributed by atoms with Gasteiger partial charge in [0.05, 0.1) is 4.92 Å². The molecule has 17 heavy (non-hydrogen) atoms. The van der Waals surface area contributed by atoms with Crippen molar-refractivity contribution in [3.05, 3.63) is 51.6 Å². The predicted molar refractivity (Wildman–Crippen MR) is 60.3 cm³/mol. The SMILES string of the molecule is CC1=CC(=O)O[C@H](c2ccc([N+](=O)[O-])cc2)C1. The molecule has 5 nitrogen and oxygen atoms in total. The highest BCUT2D eigenvalue weighted by Crippen LogP contribution is 2.29. The third-order valence-corrected chi connectivity index (χ3v) is 2.61. The van der Waals surface area contributed by atoms with Crippen molar-refractivity contribution in [1.29, 1.82) is 0 Å². The molecule has 88 valence electrons. The molecule has 0 amide bonds. The lowest BCUT2D eigenvalue weighted by atomic mass is 10.00. The van der Waals surface area contributed by atoms with Crippen molar-refractivity contribution in [1.82, 2.24) is 0 Å². The van der Waals surface area contributed by atoms with Crippen LogP contribution >= 0.6 is 0 Å². The fraction of sp³-hybridized carbons (Fsp3) is 0.250. The van der Waals surface area contributed by atoms with Gasteiger partial charge in [0, 0.05) is 24.6 Å². The van der Waals surface area contributed by atoms with Gasteiger partial charge in [0.1, 0.15) is 6.10 Å². The van der Waals surface area contributed by atoms with Gasteiger partial charge in [0.15, 0.2) is 0 Å². The van der Waals surface area contributed by atoms with Crippen molar-refractivity contribution in [2.24, 2.45) is 0 Å². The molecule has 1 aromatic carbocycles. The summed E-state index contributed by atoms with van der Waals surface area (Å²) in [4.78, 5) is 21.3. The van der Waals surface area contributed by atoms with Crippen molar-refractivity contribution in [3.8, 4) is 0 Å². The molecule has 1 aliphatic rings. The number of cyclic esters (lactones) is 1. The summed E-state index contributed by atoms with van der Waals surface area (Å²) in [5, 5.41) is 10.5. The van der Waals surface area contributed by atoms with Crippen molar-refractivity contribution in [3.63, 3.8) is 0 Å². The first-order valence-corrected chi connectivity index (χ1v) is 5.18. The first kappa shape index (κ1) is 11.3. The van der Waals surface area contributed by atoms with E-state index in [0.29, 0.717) is 6.42 Å². The van der Waals surface area contributed by atoms with Crippen molar-refractivity contribution in [2.75, 3.05) is 0 Å². The Balaban J connectivity index is 2.21. The average Bonchev–Trinajstić information content (AvgIpc) is 2.28. The number of non-ortho nitro benzene ring substituents is 1. The fourth-order valence-electron chi connectivity index (χ4n) is 1.77. The van der Waals surface area contributed by atoms with E-state index in [2.05, 4.69) is 0 Å². The molecule has 0 aromatic heterocycles. The van der Waals surface area contributed by atoms with Crippen LogP contribution in [-0.2, 0) is 9.53 Å². The predicted octanol–water partition coefficient (Wildman–Crippen LogP) is 2.53. The lowest BCUT2D eigenvalue weighted by molar-refractivity contribution is -0.384. The van der Waals surface area contributed by atoms with Crippen LogP contribution in [0.15, 0.2) is 35.9 Å². The molecule has 1 heterocycles. The highest BCUT2D eigenvalue weighted by molar-refractivity contribution is 5.83. The Labute approximate surface area is 97.9 Å². The summed E-state index contributed by atoms with van der Waals surface area (Å²) < 4.78 is 5.16. The van der Waals surface area contributed by atoms with Gasteiger partial charge in [-0.05, 0) is 24.6 Å². The van der Waals surface area contributed by atoms with Gasteiger partial charge in [-0.25, -0.2) is 4.79 Å². The average molecular weight is 233 g/mol. The van der Waals surface area contributed by atoms with Crippen LogP contribution in [0.25, 0.3) is 0 Å². The molecular weight excluding hydrogens is 222 g/mol. The maximum absolute atomic E-state index is 11.2. The van der Waals surface area contributed by atoms with Crippen LogP contribution in [0.4, 0.5) is 5.69 Å². The lowest BCUT2D eigenvalue weighted by Crippen LogP contribution is -2.15. The number of benzene rings is 1. The van der Waals surface area contributed by atoms with Crippen LogP contribution in [0.2, 0.25) is 0 Å². The van der Waals surface area contributed by atoms with Gasteiger partial charge >= 0.3 is 5.97 Å². The third-order valence-electron chi connectivity index (χ3n) is 2.61. The van der Waals surface area contributed by atoms with Crippen LogP contribution in [0.5, 0.6) is 0 Å². The first-order chi connectivity index (χ1) is 8.06. The first-order valence-electron chi connectivity index (χ1n) is 5.18. The summed E-state index contributed by atoms with van der Waals surface area (Å²) >= 11 is 0. The summed E-state index contributed by atoms with van der Waals surface area (Å²) in [6.45, 7) is 1.86. The molecule has 0 aliphatic carbocycles. The molecule has 0 saturated heterocycles. The second-order valence-electron chi connectivity index (χ2n) is 3.97. The van der Waals surface area contributed by atoms with Gasteiger partial charge < -0.3 is 4.74 Å². The smallest absolute Gasteiger partial charge is 0.331 e. The number of rotatable bonds is 2. The number of nitro groups is 1. The van der Waals surface area contributed by atoms with Gasteiger partial charge in [-0.15, -0.1) is 0 Å². The van der Waals surface area contributed by atoms with Crippen LogP contribution in [0.3, 0.4) is 0 Å². The van der Waals surface area contributed by atoms with E-state index in [1.807, 2.05) is 6.92 Å². The Morgan fingerprint density at radius 3 is 2.53 bits per heavy atom. The molecule has 0 bridgehead atoms. The maximum atomic E-state index is 11.2. The second kappa shape index (κ2) is 4.37. The summed E-state index contributed by atoms with van der Waals surface area (Å²) in [6, 6.07) is 6.07. The standard InChI is InChI=1S/C12H11NO4/c1-8-6-11(17-12(14)7-8)9-2-4-10(5-3-9)13(15)16/h2-5,7,11H,6H2,1H3/t11-/m0/s1. The zero-order valence-electron chi connectivity index (χ0n) is 9.25. The van der Waals surface area contributed by atoms with E-state index < -0.39 is 4.92 Å². The Morgan fingerprint density at radius 1 is 1.35 bits per heavy atom. The van der Waals surface area contributed by atoms with E-state index in [1.54, 1.807) is 12.1 Å². The fourth-order valence-corrected chi connectivity index (χ4v) is 1.77. The topological polar surface area (TPSA) is 69.4 Å². The molecule has 0 fully saturated rings. The monoisotopic (exact) mass is 233 g/mol. The molecule has 0 N–H and O–H groups in total. The number of nitro benzene ring substituents is 1. The van der Waals surface area contributed by atoms with Crippen LogP contribution in [-0.4, -0.2) is 10.9 Å². The molecule has 1 aliphatic heterocycles. The number of hydrogen-bond acceptors (Lipinski definition) is 4. The minimum Gasteiger partial charge on any atom is -0.454 e. The number of ether oxygens (including phenoxy) is 1. The summed E-state index contributed by atoms with van der Waals surface area (Å²) in [7, 11) is 0. The largest absolute Gasteiger partial charge is 0.454 e. The lowest BCUT2D eigenvalue weighted by Gasteiger charge is -2.21. The number of carbonyl (C=O) groups is 1. The van der Waals surface area contributed by atoms with Crippen LogP contribution < -0.4 is 0 Å². The van der Waals surface area contributed by atoms with Gasteiger partial charge in [-0.3, -0.25) is 10.1 Å². The molecule has 0 radical (unpaired) electrons. The Kier molecular flexibility index (Phi) is 2.91. The number of hydrogen-bond donors (Lipinski definition) is 0. The Hall–Kier alpha value is -2.17. The van der Waals surface area contributed by atoms with Crippen LogP contribution in [0, 0.1) is 10.1 Å². The quantitative estimate of drug-likeness (QED) is 0.447. The van der Waals surface area contributed by atoms with Gasteiger partial charge in [0.25, 0.3) is 5.69 Å². The molecular formula is C12H11NO4. The summed E-state index contributed by atoms with van der Waals surface area (Å²) in [5.41, 5.74) is 1.75. The normalized spacial score (nSPS) is 19.5.